The normalized spacial score (nSPS) is 20.3. The van der Waals surface area contributed by atoms with Gasteiger partial charge in [-0.05, 0) is 12.0 Å². The fraction of sp³-hybridized carbons (Fsp3) is 0.471. The summed E-state index contributed by atoms with van der Waals surface area (Å²) in [5.41, 5.74) is 1.15. The molecule has 1 unspecified atom stereocenters. The maximum atomic E-state index is 12.4. The summed E-state index contributed by atoms with van der Waals surface area (Å²) in [6.07, 6.45) is 2.56. The molecule has 2 aromatic rings. The molecule has 0 aliphatic carbocycles. The number of rotatable bonds is 5. The molecule has 1 aromatic carbocycles. The molecule has 0 radical (unpaired) electrons. The zero-order valence-corrected chi connectivity index (χ0v) is 14.1. The van der Waals surface area contributed by atoms with E-state index in [1.807, 2.05) is 30.3 Å². The molecule has 1 N–H and O–H groups in total. The van der Waals surface area contributed by atoms with Gasteiger partial charge in [0.25, 0.3) is 0 Å². The van der Waals surface area contributed by atoms with Crippen LogP contribution in [0.5, 0.6) is 0 Å². The number of ether oxygens (including phenoxy) is 1. The van der Waals surface area contributed by atoms with Gasteiger partial charge in [0.05, 0.1) is 13.2 Å². The van der Waals surface area contributed by atoms with Crippen molar-refractivity contribution in [3.63, 3.8) is 0 Å². The standard InChI is InChI=1S/C17H23N5O2/c1-17(12-24-2)8-9-21(11-17)16(23)19-15-18-13-22(20-15)10-14-6-4-3-5-7-14/h3-7,13H,8-12H2,1-2H3,(H,19,20,23). The van der Waals surface area contributed by atoms with Crippen LogP contribution in [0.3, 0.4) is 0 Å². The minimum Gasteiger partial charge on any atom is -0.384 e. The highest BCUT2D eigenvalue weighted by Crippen LogP contribution is 2.30. The summed E-state index contributed by atoms with van der Waals surface area (Å²) in [6.45, 7) is 4.81. The summed E-state index contributed by atoms with van der Waals surface area (Å²) in [5.74, 6) is 0.330. The number of methoxy groups -OCH3 is 1. The molecule has 1 saturated heterocycles. The van der Waals surface area contributed by atoms with Gasteiger partial charge in [0, 0.05) is 25.6 Å². The highest BCUT2D eigenvalue weighted by molar-refractivity contribution is 5.87. The molecule has 1 aromatic heterocycles. The molecule has 1 atom stereocenters. The summed E-state index contributed by atoms with van der Waals surface area (Å²) in [6, 6.07) is 9.84. The van der Waals surface area contributed by atoms with Crippen molar-refractivity contribution in [3.05, 3.63) is 42.2 Å². The van der Waals surface area contributed by atoms with Crippen LogP contribution in [0, 0.1) is 5.41 Å². The molecule has 2 amide bonds. The predicted octanol–water partition coefficient (Wildman–Crippen LogP) is 2.22. The van der Waals surface area contributed by atoms with Crippen LogP contribution < -0.4 is 5.32 Å². The molecule has 1 aliphatic heterocycles. The van der Waals surface area contributed by atoms with Gasteiger partial charge in [0.2, 0.25) is 5.95 Å². The van der Waals surface area contributed by atoms with E-state index in [4.69, 9.17) is 4.74 Å². The first kappa shape index (κ1) is 16.4. The minimum absolute atomic E-state index is 0.0200. The van der Waals surface area contributed by atoms with Crippen LogP contribution in [0.15, 0.2) is 36.7 Å². The number of nitrogens with one attached hydrogen (secondary N) is 1. The van der Waals surface area contributed by atoms with E-state index in [0.29, 0.717) is 25.6 Å². The van der Waals surface area contributed by atoms with Crippen LogP contribution in [0.2, 0.25) is 0 Å². The molecule has 1 aliphatic rings. The van der Waals surface area contributed by atoms with Crippen molar-refractivity contribution < 1.29 is 9.53 Å². The van der Waals surface area contributed by atoms with E-state index in [0.717, 1.165) is 18.5 Å². The van der Waals surface area contributed by atoms with Crippen molar-refractivity contribution in [1.29, 1.82) is 0 Å². The number of nitrogens with zero attached hydrogens (tertiary/aromatic N) is 4. The number of aromatic nitrogens is 3. The molecule has 3 rings (SSSR count). The monoisotopic (exact) mass is 329 g/mol. The van der Waals surface area contributed by atoms with E-state index >= 15 is 0 Å². The van der Waals surface area contributed by atoms with E-state index in [-0.39, 0.29) is 11.4 Å². The molecule has 0 saturated carbocycles. The van der Waals surface area contributed by atoms with Crippen molar-refractivity contribution in [3.8, 4) is 0 Å². The number of urea groups is 1. The molecule has 0 spiro atoms. The van der Waals surface area contributed by atoms with E-state index in [2.05, 4.69) is 22.3 Å². The topological polar surface area (TPSA) is 72.3 Å². The fourth-order valence-corrected chi connectivity index (χ4v) is 3.04. The number of carbonyl (C=O) groups excluding carboxylic acids is 1. The first-order valence-corrected chi connectivity index (χ1v) is 8.06. The van der Waals surface area contributed by atoms with Crippen molar-refractivity contribution >= 4 is 12.0 Å². The van der Waals surface area contributed by atoms with Crippen molar-refractivity contribution in [2.45, 2.75) is 19.9 Å². The van der Waals surface area contributed by atoms with Crippen molar-refractivity contribution in [2.24, 2.45) is 5.41 Å². The van der Waals surface area contributed by atoms with E-state index in [1.54, 1.807) is 23.0 Å². The maximum absolute atomic E-state index is 12.4. The Balaban J connectivity index is 1.56. The Morgan fingerprint density at radius 2 is 2.17 bits per heavy atom. The van der Waals surface area contributed by atoms with Crippen LogP contribution in [0.1, 0.15) is 18.9 Å². The molecule has 128 valence electrons. The second kappa shape index (κ2) is 7.00. The van der Waals surface area contributed by atoms with Gasteiger partial charge in [-0.1, -0.05) is 37.3 Å². The third kappa shape index (κ3) is 3.91. The number of carbonyl (C=O) groups is 1. The van der Waals surface area contributed by atoms with Crippen LogP contribution >= 0.6 is 0 Å². The van der Waals surface area contributed by atoms with Gasteiger partial charge in [-0.3, -0.25) is 5.32 Å². The maximum Gasteiger partial charge on any atom is 0.324 e. The molecule has 24 heavy (non-hydrogen) atoms. The van der Waals surface area contributed by atoms with Crippen molar-refractivity contribution in [1.82, 2.24) is 19.7 Å². The van der Waals surface area contributed by atoms with Crippen LogP contribution in [0.25, 0.3) is 0 Å². The number of anilines is 1. The lowest BCUT2D eigenvalue weighted by molar-refractivity contribution is 0.0990. The zero-order valence-electron chi connectivity index (χ0n) is 14.1. The second-order valence-electron chi connectivity index (χ2n) is 6.60. The van der Waals surface area contributed by atoms with Gasteiger partial charge in [0.1, 0.15) is 6.33 Å². The molecule has 0 bridgehead atoms. The first-order valence-electron chi connectivity index (χ1n) is 8.06. The largest absolute Gasteiger partial charge is 0.384 e. The Morgan fingerprint density at radius 3 is 2.92 bits per heavy atom. The average molecular weight is 329 g/mol. The van der Waals surface area contributed by atoms with Crippen LogP contribution in [-0.2, 0) is 11.3 Å². The summed E-state index contributed by atoms with van der Waals surface area (Å²) in [4.78, 5) is 18.3. The summed E-state index contributed by atoms with van der Waals surface area (Å²) < 4.78 is 6.96. The first-order chi connectivity index (χ1) is 11.6. The Hall–Kier alpha value is -2.41. The molecular formula is C17H23N5O2. The van der Waals surface area contributed by atoms with E-state index in [1.165, 1.54) is 0 Å². The Kier molecular flexibility index (Phi) is 4.80. The highest BCUT2D eigenvalue weighted by Gasteiger charge is 2.36. The molecular weight excluding hydrogens is 306 g/mol. The van der Waals surface area contributed by atoms with Gasteiger partial charge in [-0.2, -0.15) is 0 Å². The van der Waals surface area contributed by atoms with Crippen LogP contribution in [-0.4, -0.2) is 52.5 Å². The fourth-order valence-electron chi connectivity index (χ4n) is 3.04. The van der Waals surface area contributed by atoms with Gasteiger partial charge in [0.15, 0.2) is 0 Å². The lowest BCUT2D eigenvalue weighted by Crippen LogP contribution is -2.36. The summed E-state index contributed by atoms with van der Waals surface area (Å²) in [5, 5.41) is 7.08. The van der Waals surface area contributed by atoms with E-state index < -0.39 is 0 Å². The minimum atomic E-state index is -0.160. The molecule has 7 nitrogen and oxygen atoms in total. The van der Waals surface area contributed by atoms with Gasteiger partial charge in [-0.25, -0.2) is 14.5 Å². The highest BCUT2D eigenvalue weighted by atomic mass is 16.5. The number of likely N-dealkylation sites (tertiary alicyclic amines) is 1. The van der Waals surface area contributed by atoms with Gasteiger partial charge >= 0.3 is 6.03 Å². The Morgan fingerprint density at radius 1 is 1.38 bits per heavy atom. The number of benzene rings is 1. The Bertz CT molecular complexity index is 687. The molecule has 1 fully saturated rings. The quantitative estimate of drug-likeness (QED) is 0.913. The lowest BCUT2D eigenvalue weighted by Gasteiger charge is -2.23. The average Bonchev–Trinajstić information content (AvgIpc) is 3.16. The van der Waals surface area contributed by atoms with Gasteiger partial charge in [-0.15, -0.1) is 5.10 Å². The predicted molar refractivity (Wildman–Crippen MR) is 90.8 cm³/mol. The summed E-state index contributed by atoms with van der Waals surface area (Å²) >= 11 is 0. The summed E-state index contributed by atoms with van der Waals surface area (Å²) in [7, 11) is 1.69. The number of hydrogen-bond donors (Lipinski definition) is 1. The smallest absolute Gasteiger partial charge is 0.324 e. The van der Waals surface area contributed by atoms with Crippen molar-refractivity contribution in [2.75, 3.05) is 32.1 Å². The zero-order chi connectivity index (χ0) is 17.0. The third-order valence-corrected chi connectivity index (χ3v) is 4.28. The van der Waals surface area contributed by atoms with E-state index in [9.17, 15) is 4.79 Å². The molecule has 7 heteroatoms. The number of hydrogen-bond acceptors (Lipinski definition) is 4. The SMILES string of the molecule is COCC1(C)CCN(C(=O)Nc2ncn(Cc3ccccc3)n2)C1. The number of amides is 2. The Labute approximate surface area is 141 Å². The third-order valence-electron chi connectivity index (χ3n) is 4.28. The van der Waals surface area contributed by atoms with Crippen LogP contribution in [0.4, 0.5) is 10.7 Å². The second-order valence-corrected chi connectivity index (χ2v) is 6.60. The molecule has 2 heterocycles. The lowest BCUT2D eigenvalue weighted by atomic mass is 9.91. The van der Waals surface area contributed by atoms with Gasteiger partial charge < -0.3 is 9.64 Å².